The predicted molar refractivity (Wildman–Crippen MR) is 70.1 cm³/mol. The highest BCUT2D eigenvalue weighted by Crippen LogP contribution is 2.13. The third-order valence-corrected chi connectivity index (χ3v) is 1.06. The van der Waals surface area contributed by atoms with Crippen molar-refractivity contribution in [2.75, 3.05) is 0 Å². The molecule has 0 heterocycles. The summed E-state index contributed by atoms with van der Waals surface area (Å²) in [5.74, 6) is -0.0511. The summed E-state index contributed by atoms with van der Waals surface area (Å²) in [5, 5.41) is 15.5. The van der Waals surface area contributed by atoms with Gasteiger partial charge in [0.25, 0.3) is 0 Å². The quantitative estimate of drug-likeness (QED) is 0.517. The number of aliphatic carboxylic acids is 2. The van der Waals surface area contributed by atoms with Gasteiger partial charge in [-0.1, -0.05) is 0 Å². The monoisotopic (exact) mass is 288 g/mol. The van der Waals surface area contributed by atoms with Crippen LogP contribution < -0.4 is 0 Å². The van der Waals surface area contributed by atoms with E-state index < -0.39 is 29.3 Å². The van der Waals surface area contributed by atoms with Gasteiger partial charge in [-0.05, 0) is 41.5 Å². The van der Waals surface area contributed by atoms with Gasteiger partial charge in [0.05, 0.1) is 0 Å². The van der Waals surface area contributed by atoms with Crippen LogP contribution in [0.2, 0.25) is 0 Å². The Hall–Kier alpha value is -2.23. The fraction of sp³-hybridized carbons (Fsp3) is 0.615. The van der Waals surface area contributed by atoms with Crippen molar-refractivity contribution >= 4 is 18.1 Å². The number of hydrogen-bond acceptors (Lipinski definition) is 5. The van der Waals surface area contributed by atoms with Gasteiger partial charge in [0.1, 0.15) is 11.2 Å². The van der Waals surface area contributed by atoms with Crippen LogP contribution in [0, 0.1) is 11.8 Å². The highest BCUT2D eigenvalue weighted by Gasteiger charge is 2.22. The average Bonchev–Trinajstić information content (AvgIpc) is 2.08. The first-order valence-electron chi connectivity index (χ1n) is 5.63. The van der Waals surface area contributed by atoms with E-state index in [9.17, 15) is 14.4 Å². The van der Waals surface area contributed by atoms with Gasteiger partial charge in [-0.2, -0.15) is 0 Å². The minimum Gasteiger partial charge on any atom is -0.472 e. The summed E-state index contributed by atoms with van der Waals surface area (Å²) in [7, 11) is 0. The molecule has 0 bridgehead atoms. The van der Waals surface area contributed by atoms with E-state index in [1.54, 1.807) is 41.5 Å². The molecule has 114 valence electrons. The fourth-order valence-corrected chi connectivity index (χ4v) is 0.628. The molecule has 0 aromatic heterocycles. The summed E-state index contributed by atoms with van der Waals surface area (Å²) in [5.41, 5.74) is -0.968. The summed E-state index contributed by atoms with van der Waals surface area (Å²) >= 11 is 0. The molecule has 7 nitrogen and oxygen atoms in total. The van der Waals surface area contributed by atoms with Crippen molar-refractivity contribution in [2.24, 2.45) is 0 Å². The molecule has 0 atom stereocenters. The van der Waals surface area contributed by atoms with Crippen LogP contribution in [0.25, 0.3) is 0 Å². The van der Waals surface area contributed by atoms with Crippen LogP contribution in [0.15, 0.2) is 0 Å². The van der Waals surface area contributed by atoms with Gasteiger partial charge in [0, 0.05) is 11.8 Å². The molecular weight excluding hydrogens is 268 g/mol. The maximum absolute atomic E-state index is 11.0. The lowest BCUT2D eigenvalue weighted by atomic mass is 10.2. The van der Waals surface area contributed by atoms with Crippen LogP contribution in [0.5, 0.6) is 0 Å². The van der Waals surface area contributed by atoms with Crippen LogP contribution in [0.3, 0.4) is 0 Å². The van der Waals surface area contributed by atoms with Crippen molar-refractivity contribution < 1.29 is 34.1 Å². The number of rotatable bonds is 0. The Balaban J connectivity index is 0. The molecule has 0 rings (SSSR count). The molecule has 0 saturated heterocycles. The second-order valence-electron chi connectivity index (χ2n) is 5.54. The Morgan fingerprint density at radius 3 is 1.15 bits per heavy atom. The molecule has 0 fully saturated rings. The van der Waals surface area contributed by atoms with E-state index in [4.69, 9.17) is 19.7 Å². The van der Waals surface area contributed by atoms with Crippen LogP contribution >= 0.6 is 0 Å². The summed E-state index contributed by atoms with van der Waals surface area (Å²) in [4.78, 5) is 30.0. The molecule has 0 aromatic carbocycles. The zero-order valence-corrected chi connectivity index (χ0v) is 12.4. The van der Waals surface area contributed by atoms with E-state index in [-0.39, 0.29) is 0 Å². The lowest BCUT2D eigenvalue weighted by molar-refractivity contribution is -0.132. The molecule has 0 unspecified atom stereocenters. The van der Waals surface area contributed by atoms with Gasteiger partial charge in [-0.15, -0.1) is 0 Å². The molecule has 0 aromatic rings. The van der Waals surface area contributed by atoms with Gasteiger partial charge in [-0.3, -0.25) is 0 Å². The number of carboxylic acids is 2. The van der Waals surface area contributed by atoms with Gasteiger partial charge in [0.15, 0.2) is 0 Å². The first kappa shape index (κ1) is 20.1. The Morgan fingerprint density at radius 1 is 0.750 bits per heavy atom. The number of ether oxygens (including phenoxy) is 2. The summed E-state index contributed by atoms with van der Waals surface area (Å²) in [6.07, 6.45) is -0.616. The predicted octanol–water partition coefficient (Wildman–Crippen LogP) is 1.90. The zero-order valence-electron chi connectivity index (χ0n) is 12.4. The third-order valence-electron chi connectivity index (χ3n) is 1.06. The number of carbonyl (C=O) groups is 3. The van der Waals surface area contributed by atoms with Gasteiger partial charge in [0.2, 0.25) is 0 Å². The molecule has 0 aliphatic carbocycles. The normalized spacial score (nSPS) is 10.1. The average molecular weight is 288 g/mol. The van der Waals surface area contributed by atoms with Crippen LogP contribution in [-0.2, 0) is 19.1 Å². The summed E-state index contributed by atoms with van der Waals surface area (Å²) in [6.45, 7) is 10.8. The molecule has 7 heteroatoms. The van der Waals surface area contributed by atoms with Crippen molar-refractivity contribution in [3.63, 3.8) is 0 Å². The highest BCUT2D eigenvalue weighted by molar-refractivity contribution is 5.96. The second kappa shape index (κ2) is 8.04. The van der Waals surface area contributed by atoms with E-state index in [0.29, 0.717) is 0 Å². The lowest BCUT2D eigenvalue weighted by Crippen LogP contribution is -2.30. The van der Waals surface area contributed by atoms with Crippen LogP contribution in [0.1, 0.15) is 41.5 Å². The number of carboxylic acid groups (broad SMARTS) is 2. The molecular formula is C13H20O7. The summed E-state index contributed by atoms with van der Waals surface area (Å²) < 4.78 is 9.91. The van der Waals surface area contributed by atoms with Crippen LogP contribution in [-0.4, -0.2) is 39.5 Å². The Kier molecular flexibility index (Phi) is 8.08. The van der Waals surface area contributed by atoms with E-state index in [1.165, 1.54) is 11.8 Å². The number of carbonyl (C=O) groups excluding carboxylic acids is 1. The van der Waals surface area contributed by atoms with Gasteiger partial charge >= 0.3 is 18.1 Å². The minimum absolute atomic E-state index is 0.484. The first-order valence-corrected chi connectivity index (χ1v) is 5.63. The number of hydrogen-bond donors (Lipinski definition) is 2. The molecule has 20 heavy (non-hydrogen) atoms. The van der Waals surface area contributed by atoms with E-state index in [2.05, 4.69) is 0 Å². The van der Waals surface area contributed by atoms with E-state index >= 15 is 0 Å². The Bertz CT molecular complexity index is 377. The van der Waals surface area contributed by atoms with Gasteiger partial charge in [-0.25, -0.2) is 14.4 Å². The third kappa shape index (κ3) is 21.1. The topological polar surface area (TPSA) is 110 Å². The maximum atomic E-state index is 11.0. The highest BCUT2D eigenvalue weighted by atomic mass is 16.7. The lowest BCUT2D eigenvalue weighted by Gasteiger charge is -2.24. The summed E-state index contributed by atoms with van der Waals surface area (Å²) in [6, 6.07) is 0. The largest absolute Gasteiger partial charge is 0.509 e. The smallest absolute Gasteiger partial charge is 0.472 e. The molecule has 0 radical (unpaired) electrons. The Morgan fingerprint density at radius 2 is 1.00 bits per heavy atom. The SMILES string of the molecule is CC(C)(C)OC(=O)OC(C)(C)C.O=C(O)C#CC(=O)O. The van der Waals surface area contributed by atoms with E-state index in [1.807, 2.05) is 0 Å². The van der Waals surface area contributed by atoms with Crippen molar-refractivity contribution in [1.82, 2.24) is 0 Å². The minimum atomic E-state index is -1.44. The second-order valence-corrected chi connectivity index (χ2v) is 5.54. The molecule has 2 N–H and O–H groups in total. The zero-order chi connectivity index (χ0) is 16.6. The van der Waals surface area contributed by atoms with E-state index in [0.717, 1.165) is 0 Å². The first-order chi connectivity index (χ1) is 8.73. The Labute approximate surface area is 117 Å². The van der Waals surface area contributed by atoms with Crippen molar-refractivity contribution in [2.45, 2.75) is 52.7 Å². The van der Waals surface area contributed by atoms with Crippen molar-refractivity contribution in [3.8, 4) is 11.8 Å². The molecule has 0 saturated carbocycles. The molecule has 0 aliphatic heterocycles. The standard InChI is InChI=1S/C9H18O3.C4H2O4/c1-8(2,3)11-7(10)12-9(4,5)6;5-3(6)1-2-4(7)8/h1-6H3;(H,5,6)(H,7,8). The molecule has 0 spiro atoms. The molecule has 0 amide bonds. The fourth-order valence-electron chi connectivity index (χ4n) is 0.628. The maximum Gasteiger partial charge on any atom is 0.509 e. The van der Waals surface area contributed by atoms with Crippen LogP contribution in [0.4, 0.5) is 4.79 Å². The van der Waals surface area contributed by atoms with Crippen molar-refractivity contribution in [1.29, 1.82) is 0 Å². The van der Waals surface area contributed by atoms with Crippen molar-refractivity contribution in [3.05, 3.63) is 0 Å². The van der Waals surface area contributed by atoms with Gasteiger partial charge < -0.3 is 19.7 Å². The molecule has 0 aliphatic rings.